The van der Waals surface area contributed by atoms with Crippen LogP contribution in [0.2, 0.25) is 0 Å². The number of hydrogen-bond donors (Lipinski definition) is 2. The van der Waals surface area contributed by atoms with Gasteiger partial charge in [-0.2, -0.15) is 0 Å². The fourth-order valence-corrected chi connectivity index (χ4v) is 2.12. The number of carbonyl (C=O) groups excluding carboxylic acids is 2. The van der Waals surface area contributed by atoms with Crippen LogP contribution in [0.15, 0.2) is 54.6 Å². The van der Waals surface area contributed by atoms with Crippen molar-refractivity contribution >= 4 is 23.3 Å². The van der Waals surface area contributed by atoms with E-state index in [-0.39, 0.29) is 24.4 Å². The predicted molar refractivity (Wildman–Crippen MR) is 97.1 cm³/mol. The Hall–Kier alpha value is -2.82. The topological polar surface area (TPSA) is 61.4 Å². The average molecular weight is 325 g/mol. The minimum atomic E-state index is -0.170. The predicted octanol–water partition coefficient (Wildman–Crippen LogP) is 3.74. The zero-order valence-electron chi connectivity index (χ0n) is 14.2. The lowest BCUT2D eigenvalue weighted by molar-refractivity contribution is -0.115. The van der Waals surface area contributed by atoms with E-state index in [1.807, 2.05) is 68.4 Å². The summed E-state index contributed by atoms with van der Waals surface area (Å²) in [5.41, 5.74) is 2.29. The number of rotatable bonds is 5. The van der Waals surface area contributed by atoms with Gasteiger partial charge < -0.3 is 15.5 Å². The highest BCUT2D eigenvalue weighted by Gasteiger charge is 2.12. The Kier molecular flexibility index (Phi) is 5.95. The molecule has 0 fully saturated rings. The van der Waals surface area contributed by atoms with Crippen molar-refractivity contribution in [3.05, 3.63) is 60.2 Å². The Bertz CT molecular complexity index is 699. The van der Waals surface area contributed by atoms with Crippen LogP contribution < -0.4 is 10.6 Å². The summed E-state index contributed by atoms with van der Waals surface area (Å²) >= 11 is 0. The molecule has 2 N–H and O–H groups in total. The first kappa shape index (κ1) is 17.5. The number of anilines is 2. The molecule has 0 atom stereocenters. The maximum atomic E-state index is 12.1. The second kappa shape index (κ2) is 8.15. The molecule has 2 aromatic carbocycles. The summed E-state index contributed by atoms with van der Waals surface area (Å²) in [6.07, 6.45) is 0.249. The molecule has 0 saturated carbocycles. The van der Waals surface area contributed by atoms with Gasteiger partial charge in [-0.15, -0.1) is 0 Å². The zero-order chi connectivity index (χ0) is 17.5. The van der Waals surface area contributed by atoms with Gasteiger partial charge >= 0.3 is 6.03 Å². The zero-order valence-corrected chi connectivity index (χ0v) is 14.2. The van der Waals surface area contributed by atoms with E-state index in [2.05, 4.69) is 10.6 Å². The largest absolute Gasteiger partial charge is 0.326 e. The van der Waals surface area contributed by atoms with E-state index in [1.165, 1.54) is 0 Å². The van der Waals surface area contributed by atoms with E-state index in [9.17, 15) is 9.59 Å². The Morgan fingerprint density at radius 2 is 1.62 bits per heavy atom. The van der Waals surface area contributed by atoms with Crippen molar-refractivity contribution in [2.45, 2.75) is 26.3 Å². The number of para-hydroxylation sites is 1. The summed E-state index contributed by atoms with van der Waals surface area (Å²) in [6.45, 7) is 3.90. The SMILES string of the molecule is CC(C)N(C)C(=O)Nc1cccc(CC(=O)Nc2ccccc2)c1. The normalized spacial score (nSPS) is 10.3. The summed E-state index contributed by atoms with van der Waals surface area (Å²) in [7, 11) is 1.75. The lowest BCUT2D eigenvalue weighted by atomic mass is 10.1. The molecule has 5 heteroatoms. The van der Waals surface area contributed by atoms with Crippen LogP contribution in [-0.2, 0) is 11.2 Å². The summed E-state index contributed by atoms with van der Waals surface area (Å²) in [5, 5.41) is 5.69. The lowest BCUT2D eigenvalue weighted by Crippen LogP contribution is -2.36. The molecule has 0 aromatic heterocycles. The van der Waals surface area contributed by atoms with E-state index in [0.717, 1.165) is 11.3 Å². The first-order chi connectivity index (χ1) is 11.5. The molecule has 0 bridgehead atoms. The van der Waals surface area contributed by atoms with Crippen molar-refractivity contribution in [2.75, 3.05) is 17.7 Å². The van der Waals surface area contributed by atoms with Gasteiger partial charge in [-0.25, -0.2) is 4.79 Å². The Balaban J connectivity index is 1.97. The Labute approximate surface area is 142 Å². The van der Waals surface area contributed by atoms with Crippen molar-refractivity contribution in [3.63, 3.8) is 0 Å². The van der Waals surface area contributed by atoms with Crippen LogP contribution in [0.1, 0.15) is 19.4 Å². The minimum Gasteiger partial charge on any atom is -0.326 e. The van der Waals surface area contributed by atoms with Gasteiger partial charge in [0.15, 0.2) is 0 Å². The van der Waals surface area contributed by atoms with Crippen molar-refractivity contribution in [2.24, 2.45) is 0 Å². The Morgan fingerprint density at radius 1 is 0.958 bits per heavy atom. The van der Waals surface area contributed by atoms with Gasteiger partial charge in [0.25, 0.3) is 0 Å². The molecule has 0 unspecified atom stereocenters. The average Bonchev–Trinajstić information content (AvgIpc) is 2.55. The molecule has 0 aliphatic carbocycles. The molecule has 5 nitrogen and oxygen atoms in total. The third kappa shape index (κ3) is 5.12. The number of carbonyl (C=O) groups is 2. The summed E-state index contributed by atoms with van der Waals surface area (Å²) in [6, 6.07) is 16.6. The number of amides is 3. The fourth-order valence-electron chi connectivity index (χ4n) is 2.12. The first-order valence-electron chi connectivity index (χ1n) is 7.93. The summed E-state index contributed by atoms with van der Waals surface area (Å²) in [4.78, 5) is 25.8. The van der Waals surface area contributed by atoms with E-state index >= 15 is 0 Å². The molecule has 0 aliphatic heterocycles. The maximum Gasteiger partial charge on any atom is 0.321 e. The highest BCUT2D eigenvalue weighted by molar-refractivity contribution is 5.93. The number of nitrogens with zero attached hydrogens (tertiary/aromatic N) is 1. The van der Waals surface area contributed by atoms with Crippen LogP contribution in [0, 0.1) is 0 Å². The van der Waals surface area contributed by atoms with Crippen LogP contribution in [0.5, 0.6) is 0 Å². The van der Waals surface area contributed by atoms with Crippen LogP contribution >= 0.6 is 0 Å². The Morgan fingerprint density at radius 3 is 2.29 bits per heavy atom. The third-order valence-corrected chi connectivity index (χ3v) is 3.70. The highest BCUT2D eigenvalue weighted by atomic mass is 16.2. The van der Waals surface area contributed by atoms with Crippen LogP contribution in [0.3, 0.4) is 0 Å². The smallest absolute Gasteiger partial charge is 0.321 e. The second-order valence-corrected chi connectivity index (χ2v) is 5.93. The van der Waals surface area contributed by atoms with Crippen LogP contribution in [0.4, 0.5) is 16.2 Å². The molecule has 2 aromatic rings. The standard InChI is InChI=1S/C19H23N3O2/c1-14(2)22(3)19(24)21-17-11-7-8-15(12-17)13-18(23)20-16-9-5-4-6-10-16/h4-12,14H,13H2,1-3H3,(H,20,23)(H,21,24). The molecule has 0 aliphatic rings. The van der Waals surface area contributed by atoms with E-state index in [4.69, 9.17) is 0 Å². The molecule has 0 radical (unpaired) electrons. The van der Waals surface area contributed by atoms with Gasteiger partial charge in [0.2, 0.25) is 5.91 Å². The van der Waals surface area contributed by atoms with E-state index in [1.54, 1.807) is 11.9 Å². The number of hydrogen-bond acceptors (Lipinski definition) is 2. The molecular formula is C19H23N3O2. The number of nitrogens with one attached hydrogen (secondary N) is 2. The monoisotopic (exact) mass is 325 g/mol. The number of urea groups is 1. The molecular weight excluding hydrogens is 302 g/mol. The van der Waals surface area contributed by atoms with Crippen LogP contribution in [0.25, 0.3) is 0 Å². The van der Waals surface area contributed by atoms with E-state index < -0.39 is 0 Å². The van der Waals surface area contributed by atoms with Crippen molar-refractivity contribution in [1.82, 2.24) is 4.90 Å². The second-order valence-electron chi connectivity index (χ2n) is 5.93. The molecule has 2 rings (SSSR count). The molecule has 0 saturated heterocycles. The number of benzene rings is 2. The molecule has 126 valence electrons. The summed E-state index contributed by atoms with van der Waals surface area (Å²) in [5.74, 6) is -0.0935. The maximum absolute atomic E-state index is 12.1. The van der Waals surface area contributed by atoms with Crippen LogP contribution in [-0.4, -0.2) is 29.9 Å². The summed E-state index contributed by atoms with van der Waals surface area (Å²) < 4.78 is 0. The van der Waals surface area contributed by atoms with Gasteiger partial charge in [-0.1, -0.05) is 30.3 Å². The molecule has 24 heavy (non-hydrogen) atoms. The highest BCUT2D eigenvalue weighted by Crippen LogP contribution is 2.13. The molecule has 3 amide bonds. The molecule has 0 heterocycles. The minimum absolute atomic E-state index is 0.0935. The van der Waals surface area contributed by atoms with Gasteiger partial charge in [0, 0.05) is 24.5 Å². The van der Waals surface area contributed by atoms with Crippen molar-refractivity contribution < 1.29 is 9.59 Å². The van der Waals surface area contributed by atoms with Gasteiger partial charge in [0.1, 0.15) is 0 Å². The van der Waals surface area contributed by atoms with Gasteiger partial charge in [0.05, 0.1) is 6.42 Å². The third-order valence-electron chi connectivity index (χ3n) is 3.70. The quantitative estimate of drug-likeness (QED) is 0.879. The molecule has 0 spiro atoms. The van der Waals surface area contributed by atoms with Gasteiger partial charge in [-0.05, 0) is 43.7 Å². The lowest BCUT2D eigenvalue weighted by Gasteiger charge is -2.22. The van der Waals surface area contributed by atoms with Crippen molar-refractivity contribution in [1.29, 1.82) is 0 Å². The van der Waals surface area contributed by atoms with Crippen molar-refractivity contribution in [3.8, 4) is 0 Å². The van der Waals surface area contributed by atoms with Gasteiger partial charge in [-0.3, -0.25) is 4.79 Å². The fraction of sp³-hybridized carbons (Fsp3) is 0.263. The first-order valence-corrected chi connectivity index (χ1v) is 7.93. The van der Waals surface area contributed by atoms with E-state index in [0.29, 0.717) is 5.69 Å².